The molecule has 0 aromatic carbocycles. The average molecular weight is 270 g/mol. The minimum Gasteiger partial charge on any atom is -0.312 e. The number of rotatable bonds is 12. The minimum absolute atomic E-state index is 0.271. The molecule has 0 aromatic rings. The van der Waals surface area contributed by atoms with Gasteiger partial charge in [-0.2, -0.15) is 0 Å². The topological polar surface area (TPSA) is 12.0 Å². The van der Waals surface area contributed by atoms with Crippen LogP contribution in [0.2, 0.25) is 0 Å². The summed E-state index contributed by atoms with van der Waals surface area (Å²) >= 11 is 0. The summed E-state index contributed by atoms with van der Waals surface area (Å²) in [4.78, 5) is 0. The first-order valence-electron chi connectivity index (χ1n) is 8.70. The van der Waals surface area contributed by atoms with Gasteiger partial charge in [0.05, 0.1) is 0 Å². The highest BCUT2D eigenvalue weighted by Gasteiger charge is 2.10. The molecule has 0 aliphatic heterocycles. The zero-order chi connectivity index (χ0) is 14.6. The molecule has 0 spiro atoms. The predicted octanol–water partition coefficient (Wildman–Crippen LogP) is 5.93. The number of nitrogens with one attached hydrogen (secondary N) is 1. The fourth-order valence-corrected chi connectivity index (χ4v) is 2.39. The highest BCUT2D eigenvalue weighted by Crippen LogP contribution is 2.13. The van der Waals surface area contributed by atoms with Gasteiger partial charge < -0.3 is 5.32 Å². The molecule has 1 atom stereocenters. The number of hydrogen-bond acceptors (Lipinski definition) is 1. The molecule has 1 heteroatoms. The van der Waals surface area contributed by atoms with Gasteiger partial charge in [-0.15, -0.1) is 0 Å². The van der Waals surface area contributed by atoms with Crippen LogP contribution < -0.4 is 5.32 Å². The highest BCUT2D eigenvalue weighted by atomic mass is 14.9. The van der Waals surface area contributed by atoms with Crippen LogP contribution in [0.5, 0.6) is 0 Å². The Hall–Kier alpha value is -0.0400. The van der Waals surface area contributed by atoms with Crippen molar-refractivity contribution in [3.05, 3.63) is 0 Å². The molecule has 0 bridgehead atoms. The average Bonchev–Trinajstić information content (AvgIpc) is 2.33. The number of hydrogen-bond donors (Lipinski definition) is 1. The molecule has 0 saturated carbocycles. The molecule has 116 valence electrons. The summed E-state index contributed by atoms with van der Waals surface area (Å²) in [6.45, 7) is 12.6. The Balaban J connectivity index is 3.21. The van der Waals surface area contributed by atoms with Gasteiger partial charge in [0.1, 0.15) is 0 Å². The van der Waals surface area contributed by atoms with Gasteiger partial charge in [0.15, 0.2) is 0 Å². The van der Waals surface area contributed by atoms with Crippen molar-refractivity contribution in [1.29, 1.82) is 0 Å². The maximum Gasteiger partial charge on any atom is 0.00966 e. The molecule has 0 fully saturated rings. The van der Waals surface area contributed by atoms with Crippen LogP contribution in [0.15, 0.2) is 0 Å². The second-order valence-corrected chi connectivity index (χ2v) is 7.35. The van der Waals surface area contributed by atoms with E-state index in [2.05, 4.69) is 39.9 Å². The molecular formula is C18H39N. The first-order chi connectivity index (χ1) is 8.95. The maximum atomic E-state index is 3.60. The van der Waals surface area contributed by atoms with Gasteiger partial charge in [-0.3, -0.25) is 0 Å². The summed E-state index contributed by atoms with van der Waals surface area (Å²) in [6.07, 6.45) is 14.3. The van der Waals surface area contributed by atoms with E-state index in [1.165, 1.54) is 70.8 Å². The van der Waals surface area contributed by atoms with Crippen LogP contribution in [-0.2, 0) is 0 Å². The molecule has 0 amide bonds. The monoisotopic (exact) mass is 269 g/mol. The van der Waals surface area contributed by atoms with Crippen LogP contribution >= 0.6 is 0 Å². The Morgan fingerprint density at radius 3 is 1.74 bits per heavy atom. The lowest BCUT2D eigenvalue weighted by Crippen LogP contribution is -2.38. The Bertz CT molecular complexity index is 181. The third-order valence-electron chi connectivity index (χ3n) is 3.78. The van der Waals surface area contributed by atoms with E-state index in [4.69, 9.17) is 0 Å². The summed E-state index contributed by atoms with van der Waals surface area (Å²) in [7, 11) is 0. The van der Waals surface area contributed by atoms with Crippen molar-refractivity contribution in [2.45, 2.75) is 104 Å². The van der Waals surface area contributed by atoms with Crippen molar-refractivity contribution in [3.63, 3.8) is 0 Å². The zero-order valence-corrected chi connectivity index (χ0v) is 14.4. The molecule has 0 radical (unpaired) electrons. The van der Waals surface area contributed by atoms with Crippen LogP contribution in [0.1, 0.15) is 98.8 Å². The highest BCUT2D eigenvalue weighted by molar-refractivity contribution is 4.71. The van der Waals surface area contributed by atoms with E-state index in [9.17, 15) is 0 Å². The van der Waals surface area contributed by atoms with Crippen molar-refractivity contribution in [2.75, 3.05) is 6.54 Å². The van der Waals surface area contributed by atoms with Gasteiger partial charge >= 0.3 is 0 Å². The molecule has 0 aromatic heterocycles. The lowest BCUT2D eigenvalue weighted by Gasteiger charge is -2.23. The predicted molar refractivity (Wildman–Crippen MR) is 88.8 cm³/mol. The molecule has 0 saturated heterocycles. The first kappa shape index (κ1) is 19.0. The lowest BCUT2D eigenvalue weighted by molar-refractivity contribution is 0.365. The van der Waals surface area contributed by atoms with E-state index in [0.29, 0.717) is 0 Å². The van der Waals surface area contributed by atoms with E-state index in [0.717, 1.165) is 5.92 Å². The third-order valence-corrected chi connectivity index (χ3v) is 3.78. The molecule has 0 aliphatic rings. The molecule has 0 heterocycles. The Morgan fingerprint density at radius 2 is 1.26 bits per heavy atom. The maximum absolute atomic E-state index is 3.60. The quantitative estimate of drug-likeness (QED) is 0.433. The summed E-state index contributed by atoms with van der Waals surface area (Å²) in [5, 5.41) is 3.60. The van der Waals surface area contributed by atoms with Crippen LogP contribution in [0.25, 0.3) is 0 Å². The zero-order valence-electron chi connectivity index (χ0n) is 14.4. The van der Waals surface area contributed by atoms with Crippen LogP contribution in [0, 0.1) is 5.92 Å². The van der Waals surface area contributed by atoms with E-state index in [-0.39, 0.29) is 5.54 Å². The molecule has 19 heavy (non-hydrogen) atoms. The summed E-state index contributed by atoms with van der Waals surface area (Å²) in [5.41, 5.74) is 0.271. The first-order valence-corrected chi connectivity index (χ1v) is 8.70. The van der Waals surface area contributed by atoms with E-state index in [1.54, 1.807) is 0 Å². The molecule has 0 aliphatic carbocycles. The largest absolute Gasteiger partial charge is 0.312 e. The number of unbranched alkanes of at least 4 members (excludes halogenated alkanes) is 8. The SMILES string of the molecule is CCCCCCCCCCCC(C)CNC(C)(C)C. The minimum atomic E-state index is 0.271. The van der Waals surface area contributed by atoms with Crippen molar-refractivity contribution >= 4 is 0 Å². The fraction of sp³-hybridized carbons (Fsp3) is 1.00. The normalized spacial score (nSPS) is 13.7. The van der Waals surface area contributed by atoms with Crippen LogP contribution in [-0.4, -0.2) is 12.1 Å². The summed E-state index contributed by atoms with van der Waals surface area (Å²) in [5.74, 6) is 0.823. The second kappa shape index (κ2) is 11.8. The summed E-state index contributed by atoms with van der Waals surface area (Å²) < 4.78 is 0. The van der Waals surface area contributed by atoms with E-state index < -0.39 is 0 Å². The molecule has 0 rings (SSSR count). The van der Waals surface area contributed by atoms with E-state index >= 15 is 0 Å². The van der Waals surface area contributed by atoms with Gasteiger partial charge in [0, 0.05) is 5.54 Å². The fourth-order valence-electron chi connectivity index (χ4n) is 2.39. The van der Waals surface area contributed by atoms with Gasteiger partial charge in [0.25, 0.3) is 0 Å². The standard InChI is InChI=1S/C18H39N/c1-6-7-8-9-10-11-12-13-14-15-17(2)16-19-18(3,4)5/h17,19H,6-16H2,1-5H3. The van der Waals surface area contributed by atoms with E-state index in [1.807, 2.05) is 0 Å². The lowest BCUT2D eigenvalue weighted by atomic mass is 10.00. The molecular weight excluding hydrogens is 230 g/mol. The van der Waals surface area contributed by atoms with Crippen LogP contribution in [0.4, 0.5) is 0 Å². The Kier molecular flexibility index (Phi) is 11.7. The third kappa shape index (κ3) is 15.9. The molecule has 1 nitrogen and oxygen atoms in total. The molecule has 1 N–H and O–H groups in total. The van der Waals surface area contributed by atoms with Crippen molar-refractivity contribution < 1.29 is 0 Å². The molecule has 1 unspecified atom stereocenters. The summed E-state index contributed by atoms with van der Waals surface area (Å²) in [6, 6.07) is 0. The van der Waals surface area contributed by atoms with Crippen molar-refractivity contribution in [2.24, 2.45) is 5.92 Å². The van der Waals surface area contributed by atoms with Gasteiger partial charge in [0.2, 0.25) is 0 Å². The van der Waals surface area contributed by atoms with Gasteiger partial charge in [-0.25, -0.2) is 0 Å². The Labute approximate surface area is 122 Å². The van der Waals surface area contributed by atoms with Gasteiger partial charge in [-0.05, 0) is 39.7 Å². The van der Waals surface area contributed by atoms with Crippen molar-refractivity contribution in [3.8, 4) is 0 Å². The smallest absolute Gasteiger partial charge is 0.00966 e. The van der Waals surface area contributed by atoms with Crippen LogP contribution in [0.3, 0.4) is 0 Å². The van der Waals surface area contributed by atoms with Crippen molar-refractivity contribution in [1.82, 2.24) is 5.32 Å². The Morgan fingerprint density at radius 1 is 0.789 bits per heavy atom. The van der Waals surface area contributed by atoms with Gasteiger partial charge in [-0.1, -0.05) is 71.6 Å². The second-order valence-electron chi connectivity index (χ2n) is 7.35.